The Balaban J connectivity index is 1.51. The lowest BCUT2D eigenvalue weighted by molar-refractivity contribution is -0.144. The Hall–Kier alpha value is -3.11. The van der Waals surface area contributed by atoms with E-state index in [1.807, 2.05) is 6.92 Å². The molecule has 9 nitrogen and oxygen atoms in total. The molecule has 0 saturated carbocycles. The summed E-state index contributed by atoms with van der Waals surface area (Å²) in [5, 5.41) is 3.77. The molecule has 0 atom stereocenters. The number of rotatable bonds is 7. The van der Waals surface area contributed by atoms with Gasteiger partial charge in [0.25, 0.3) is 5.89 Å². The van der Waals surface area contributed by atoms with Gasteiger partial charge in [-0.2, -0.15) is 9.71 Å². The summed E-state index contributed by atoms with van der Waals surface area (Å²) < 4.78 is 36.4. The fraction of sp³-hybridized carbons (Fsp3) is 0.176. The largest absolute Gasteiger partial charge is 0.455 e. The predicted molar refractivity (Wildman–Crippen MR) is 93.7 cm³/mol. The predicted octanol–water partition coefficient (Wildman–Crippen LogP) is 1.46. The summed E-state index contributed by atoms with van der Waals surface area (Å²) in [6, 6.07) is 9.74. The average Bonchev–Trinajstić information content (AvgIpc) is 3.15. The number of carbonyl (C=O) groups is 1. The number of benzene rings is 1. The maximum atomic E-state index is 12.1. The van der Waals surface area contributed by atoms with Crippen molar-refractivity contribution in [2.45, 2.75) is 18.4 Å². The Morgan fingerprint density at radius 1 is 1.22 bits per heavy atom. The van der Waals surface area contributed by atoms with E-state index in [1.165, 1.54) is 12.1 Å². The van der Waals surface area contributed by atoms with Gasteiger partial charge in [-0.1, -0.05) is 22.9 Å². The van der Waals surface area contributed by atoms with Crippen LogP contribution in [-0.2, 0) is 26.2 Å². The minimum absolute atomic E-state index is 0.0684. The quantitative estimate of drug-likeness (QED) is 0.603. The summed E-state index contributed by atoms with van der Waals surface area (Å²) in [5.41, 5.74) is 1.59. The first kappa shape index (κ1) is 18.7. The summed E-state index contributed by atoms with van der Waals surface area (Å²) in [5.74, 6) is -0.371. The van der Waals surface area contributed by atoms with Crippen LogP contribution in [0, 0.1) is 6.92 Å². The van der Waals surface area contributed by atoms with Crippen LogP contribution in [0.3, 0.4) is 0 Å². The summed E-state index contributed by atoms with van der Waals surface area (Å²) in [4.78, 5) is 19.9. The van der Waals surface area contributed by atoms with Crippen LogP contribution in [0.15, 0.2) is 58.2 Å². The average molecular weight is 388 g/mol. The standard InChI is InChI=1S/C17H16N4O5S/c1-12-4-6-14(7-5-12)27(23,24)19-10-16(22)25-11-15-20-17(21-26-15)13-3-2-8-18-9-13/h2-9,19H,10-11H2,1H3. The van der Waals surface area contributed by atoms with Gasteiger partial charge in [-0.25, -0.2) is 8.42 Å². The summed E-state index contributed by atoms with van der Waals surface area (Å²) in [7, 11) is -3.80. The highest BCUT2D eigenvalue weighted by Gasteiger charge is 2.17. The number of pyridine rings is 1. The fourth-order valence-corrected chi connectivity index (χ4v) is 3.04. The molecule has 0 aliphatic rings. The monoisotopic (exact) mass is 388 g/mol. The first-order chi connectivity index (χ1) is 12.9. The van der Waals surface area contributed by atoms with E-state index < -0.39 is 22.5 Å². The topological polar surface area (TPSA) is 124 Å². The maximum absolute atomic E-state index is 12.1. The molecule has 0 aliphatic carbocycles. The molecule has 0 saturated heterocycles. The zero-order valence-corrected chi connectivity index (χ0v) is 15.1. The third kappa shape index (κ3) is 4.96. The Morgan fingerprint density at radius 3 is 2.70 bits per heavy atom. The number of hydrogen-bond donors (Lipinski definition) is 1. The molecule has 10 heteroatoms. The number of hydrogen-bond acceptors (Lipinski definition) is 8. The third-order valence-corrected chi connectivity index (χ3v) is 4.90. The minimum atomic E-state index is -3.80. The van der Waals surface area contributed by atoms with E-state index in [1.54, 1.807) is 36.7 Å². The smallest absolute Gasteiger partial charge is 0.321 e. The van der Waals surface area contributed by atoms with Gasteiger partial charge >= 0.3 is 5.97 Å². The van der Waals surface area contributed by atoms with E-state index in [4.69, 9.17) is 9.26 Å². The van der Waals surface area contributed by atoms with E-state index in [0.717, 1.165) is 5.56 Å². The van der Waals surface area contributed by atoms with Crippen LogP contribution >= 0.6 is 0 Å². The number of sulfonamides is 1. The first-order valence-corrected chi connectivity index (χ1v) is 9.37. The zero-order chi connectivity index (χ0) is 19.3. The summed E-state index contributed by atoms with van der Waals surface area (Å²) >= 11 is 0. The van der Waals surface area contributed by atoms with Gasteiger partial charge < -0.3 is 9.26 Å². The van der Waals surface area contributed by atoms with Gasteiger partial charge in [0.05, 0.1) is 4.90 Å². The van der Waals surface area contributed by atoms with Crippen molar-refractivity contribution in [1.29, 1.82) is 0 Å². The lowest BCUT2D eigenvalue weighted by Gasteiger charge is -2.06. The van der Waals surface area contributed by atoms with Gasteiger partial charge in [0.1, 0.15) is 6.54 Å². The van der Waals surface area contributed by atoms with Crippen molar-refractivity contribution >= 4 is 16.0 Å². The number of esters is 1. The third-order valence-electron chi connectivity index (χ3n) is 3.48. The van der Waals surface area contributed by atoms with Crippen LogP contribution in [0.4, 0.5) is 0 Å². The fourth-order valence-electron chi connectivity index (χ4n) is 2.07. The number of aromatic nitrogens is 3. The molecule has 3 rings (SSSR count). The molecule has 0 unspecified atom stereocenters. The molecular formula is C17H16N4O5S. The number of ether oxygens (including phenoxy) is 1. The van der Waals surface area contributed by atoms with Crippen molar-refractivity contribution < 1.29 is 22.5 Å². The SMILES string of the molecule is Cc1ccc(S(=O)(=O)NCC(=O)OCc2nc(-c3cccnc3)no2)cc1. The van der Waals surface area contributed by atoms with Gasteiger partial charge in [0.2, 0.25) is 15.8 Å². The van der Waals surface area contributed by atoms with E-state index in [-0.39, 0.29) is 17.4 Å². The first-order valence-electron chi connectivity index (χ1n) is 7.89. The summed E-state index contributed by atoms with van der Waals surface area (Å²) in [6.45, 7) is 1.07. The van der Waals surface area contributed by atoms with Crippen LogP contribution < -0.4 is 4.72 Å². The van der Waals surface area contributed by atoms with Crippen LogP contribution in [0.5, 0.6) is 0 Å². The molecule has 3 aromatic rings. The molecule has 1 N–H and O–H groups in total. The Bertz CT molecular complexity index is 1020. The van der Waals surface area contributed by atoms with Gasteiger partial charge in [0, 0.05) is 18.0 Å². The molecule has 0 spiro atoms. The molecule has 2 aromatic heterocycles. The van der Waals surface area contributed by atoms with Crippen molar-refractivity contribution in [3.05, 3.63) is 60.2 Å². The van der Waals surface area contributed by atoms with Crippen molar-refractivity contribution in [3.8, 4) is 11.4 Å². The molecule has 0 aliphatic heterocycles. The second-order valence-corrected chi connectivity index (χ2v) is 7.32. The molecule has 140 valence electrons. The molecule has 1 aromatic carbocycles. The number of nitrogens with one attached hydrogen (secondary N) is 1. The van der Waals surface area contributed by atoms with Crippen LogP contribution in [0.1, 0.15) is 11.5 Å². The highest BCUT2D eigenvalue weighted by molar-refractivity contribution is 7.89. The Kier molecular flexibility index (Phi) is 5.57. The Morgan fingerprint density at radius 2 is 2.00 bits per heavy atom. The van der Waals surface area contributed by atoms with E-state index >= 15 is 0 Å². The molecule has 27 heavy (non-hydrogen) atoms. The zero-order valence-electron chi connectivity index (χ0n) is 14.3. The molecule has 0 bridgehead atoms. The highest BCUT2D eigenvalue weighted by atomic mass is 32.2. The van der Waals surface area contributed by atoms with Crippen molar-refractivity contribution in [3.63, 3.8) is 0 Å². The number of nitrogens with zero attached hydrogens (tertiary/aromatic N) is 3. The van der Waals surface area contributed by atoms with E-state index in [0.29, 0.717) is 11.4 Å². The molecular weight excluding hydrogens is 372 g/mol. The summed E-state index contributed by atoms with van der Waals surface area (Å²) in [6.07, 6.45) is 3.18. The van der Waals surface area contributed by atoms with Gasteiger partial charge in [-0.15, -0.1) is 0 Å². The van der Waals surface area contributed by atoms with Crippen LogP contribution in [-0.4, -0.2) is 36.1 Å². The lowest BCUT2D eigenvalue weighted by atomic mass is 10.2. The van der Waals surface area contributed by atoms with Gasteiger partial charge in [-0.3, -0.25) is 9.78 Å². The lowest BCUT2D eigenvalue weighted by Crippen LogP contribution is -2.30. The second kappa shape index (κ2) is 8.06. The number of carbonyl (C=O) groups excluding carboxylic acids is 1. The van der Waals surface area contributed by atoms with Crippen LogP contribution in [0.2, 0.25) is 0 Å². The van der Waals surface area contributed by atoms with Gasteiger partial charge in [-0.05, 0) is 31.2 Å². The van der Waals surface area contributed by atoms with Gasteiger partial charge in [0.15, 0.2) is 6.61 Å². The molecule has 0 amide bonds. The highest BCUT2D eigenvalue weighted by Crippen LogP contribution is 2.14. The molecule has 0 radical (unpaired) electrons. The normalized spacial score (nSPS) is 11.3. The second-order valence-electron chi connectivity index (χ2n) is 5.55. The maximum Gasteiger partial charge on any atom is 0.321 e. The van der Waals surface area contributed by atoms with Crippen molar-refractivity contribution in [2.75, 3.05) is 6.54 Å². The molecule has 2 heterocycles. The minimum Gasteiger partial charge on any atom is -0.455 e. The number of aryl methyl sites for hydroxylation is 1. The van der Waals surface area contributed by atoms with Crippen LogP contribution in [0.25, 0.3) is 11.4 Å². The van der Waals surface area contributed by atoms with E-state index in [2.05, 4.69) is 19.8 Å². The van der Waals surface area contributed by atoms with Crippen molar-refractivity contribution in [1.82, 2.24) is 19.8 Å². The Labute approximate surface area is 155 Å². The van der Waals surface area contributed by atoms with E-state index in [9.17, 15) is 13.2 Å². The molecule has 0 fully saturated rings. The van der Waals surface area contributed by atoms with Crippen molar-refractivity contribution in [2.24, 2.45) is 0 Å².